The van der Waals surface area contributed by atoms with Crippen molar-refractivity contribution in [1.29, 1.82) is 0 Å². The Bertz CT molecular complexity index is 647. The maximum atomic E-state index is 12.4. The van der Waals surface area contributed by atoms with Gasteiger partial charge in [-0.25, -0.2) is 4.99 Å². The van der Waals surface area contributed by atoms with E-state index >= 15 is 0 Å². The van der Waals surface area contributed by atoms with Gasteiger partial charge in [0.25, 0.3) is 0 Å². The number of amides is 1. The van der Waals surface area contributed by atoms with E-state index in [1.807, 2.05) is 4.90 Å². The van der Waals surface area contributed by atoms with Crippen LogP contribution < -0.4 is 5.32 Å². The molecule has 0 aromatic heterocycles. The minimum Gasteiger partial charge on any atom is -0.356 e. The summed E-state index contributed by atoms with van der Waals surface area (Å²) in [6, 6.07) is 10.5. The second kappa shape index (κ2) is 9.41. The lowest BCUT2D eigenvalue weighted by atomic mass is 10.00. The molecule has 1 aromatic carbocycles. The van der Waals surface area contributed by atoms with Crippen LogP contribution in [0.3, 0.4) is 0 Å². The highest BCUT2D eigenvalue weighted by atomic mass is 16.2. The second-order valence-corrected chi connectivity index (χ2v) is 6.90. The fourth-order valence-electron chi connectivity index (χ4n) is 3.59. The van der Waals surface area contributed by atoms with Crippen LogP contribution in [0.4, 0.5) is 0 Å². The van der Waals surface area contributed by atoms with Crippen LogP contribution >= 0.6 is 0 Å². The summed E-state index contributed by atoms with van der Waals surface area (Å²) in [6.07, 6.45) is 6.75. The normalized spacial score (nSPS) is 18.5. The molecule has 0 bridgehead atoms. The van der Waals surface area contributed by atoms with Crippen molar-refractivity contribution in [3.05, 3.63) is 42.0 Å². The van der Waals surface area contributed by atoms with Crippen molar-refractivity contribution in [2.45, 2.75) is 32.6 Å². The molecule has 5 heteroatoms. The topological polar surface area (TPSA) is 47.9 Å². The second-order valence-electron chi connectivity index (χ2n) is 6.90. The van der Waals surface area contributed by atoms with E-state index in [9.17, 15) is 4.79 Å². The number of nitrogens with one attached hydrogen (secondary N) is 1. The van der Waals surface area contributed by atoms with Gasteiger partial charge in [0.2, 0.25) is 5.91 Å². The van der Waals surface area contributed by atoms with Crippen LogP contribution in [-0.2, 0) is 4.79 Å². The highest BCUT2D eigenvalue weighted by Crippen LogP contribution is 2.22. The summed E-state index contributed by atoms with van der Waals surface area (Å²) in [5.41, 5.74) is 2.69. The highest BCUT2D eigenvalue weighted by Gasteiger charge is 2.19. The zero-order chi connectivity index (χ0) is 18.2. The van der Waals surface area contributed by atoms with Crippen LogP contribution in [0.2, 0.25) is 0 Å². The van der Waals surface area contributed by atoms with Crippen molar-refractivity contribution in [2.24, 2.45) is 4.99 Å². The molecule has 1 saturated heterocycles. The van der Waals surface area contributed by atoms with Gasteiger partial charge >= 0.3 is 0 Å². The Hall–Kier alpha value is -2.30. The van der Waals surface area contributed by atoms with Crippen molar-refractivity contribution >= 4 is 17.4 Å². The third-order valence-electron chi connectivity index (χ3n) is 5.06. The van der Waals surface area contributed by atoms with Crippen LogP contribution in [-0.4, -0.2) is 60.9 Å². The molecule has 0 atom stereocenters. The van der Waals surface area contributed by atoms with E-state index in [4.69, 9.17) is 0 Å². The van der Waals surface area contributed by atoms with Gasteiger partial charge in [-0.2, -0.15) is 0 Å². The number of rotatable bonds is 4. The molecule has 1 N–H and O–H groups in total. The number of benzene rings is 1. The van der Waals surface area contributed by atoms with Crippen molar-refractivity contribution in [3.8, 4) is 0 Å². The Morgan fingerprint density at radius 2 is 1.85 bits per heavy atom. The molecule has 1 aromatic rings. The van der Waals surface area contributed by atoms with Crippen LogP contribution in [0.15, 0.2) is 41.4 Å². The molecule has 0 unspecified atom stereocenters. The van der Waals surface area contributed by atoms with Crippen molar-refractivity contribution in [1.82, 2.24) is 15.1 Å². The van der Waals surface area contributed by atoms with E-state index < -0.39 is 0 Å². The summed E-state index contributed by atoms with van der Waals surface area (Å²) in [6.45, 7) is 6.64. The van der Waals surface area contributed by atoms with Gasteiger partial charge in [-0.15, -0.1) is 0 Å². The minimum atomic E-state index is 0.151. The van der Waals surface area contributed by atoms with Gasteiger partial charge < -0.3 is 15.1 Å². The Morgan fingerprint density at radius 1 is 1.08 bits per heavy atom. The van der Waals surface area contributed by atoms with Crippen LogP contribution in [0.1, 0.15) is 38.2 Å². The monoisotopic (exact) mass is 354 g/mol. The Morgan fingerprint density at radius 3 is 2.50 bits per heavy atom. The largest absolute Gasteiger partial charge is 0.356 e. The number of hydrogen-bond donors (Lipinski definition) is 1. The van der Waals surface area contributed by atoms with E-state index in [0.717, 1.165) is 57.9 Å². The first-order valence-corrected chi connectivity index (χ1v) is 9.83. The molecule has 0 spiro atoms. The lowest BCUT2D eigenvalue weighted by Gasteiger charge is -2.30. The molecule has 0 aliphatic carbocycles. The molecule has 5 nitrogen and oxygen atoms in total. The number of aliphatic imine (C=N–C) groups is 1. The van der Waals surface area contributed by atoms with Gasteiger partial charge in [-0.1, -0.05) is 36.4 Å². The van der Waals surface area contributed by atoms with Crippen molar-refractivity contribution in [2.75, 3.05) is 39.3 Å². The van der Waals surface area contributed by atoms with Crippen LogP contribution in [0.25, 0.3) is 5.57 Å². The number of carbonyl (C=O) groups excluding carboxylic acids is 1. The molecular weight excluding hydrogens is 324 g/mol. The van der Waals surface area contributed by atoms with Crippen molar-refractivity contribution < 1.29 is 4.79 Å². The lowest BCUT2D eigenvalue weighted by Crippen LogP contribution is -2.44. The Kier molecular flexibility index (Phi) is 6.69. The molecule has 2 aliphatic heterocycles. The van der Waals surface area contributed by atoms with Gasteiger partial charge in [0, 0.05) is 32.7 Å². The van der Waals surface area contributed by atoms with E-state index in [-0.39, 0.29) is 12.5 Å². The molecule has 140 valence electrons. The predicted molar refractivity (Wildman–Crippen MR) is 107 cm³/mol. The fourth-order valence-corrected chi connectivity index (χ4v) is 3.59. The molecule has 26 heavy (non-hydrogen) atoms. The fraction of sp³-hybridized carbons (Fsp3) is 0.524. The molecule has 1 fully saturated rings. The van der Waals surface area contributed by atoms with Gasteiger partial charge in [-0.3, -0.25) is 4.79 Å². The number of likely N-dealkylation sites (tertiary alicyclic amines) is 1. The maximum absolute atomic E-state index is 12.4. The number of piperidine rings is 1. The third-order valence-corrected chi connectivity index (χ3v) is 5.06. The van der Waals surface area contributed by atoms with E-state index in [1.54, 1.807) is 0 Å². The van der Waals surface area contributed by atoms with E-state index in [0.29, 0.717) is 0 Å². The first-order chi connectivity index (χ1) is 12.8. The van der Waals surface area contributed by atoms with Gasteiger partial charge in [-0.05, 0) is 43.7 Å². The Labute approximate surface area is 156 Å². The average Bonchev–Trinajstić information content (AvgIpc) is 2.72. The molecule has 2 aliphatic rings. The zero-order valence-corrected chi connectivity index (χ0v) is 15.8. The SMILES string of the molecule is CCNC(=NCC(=O)N1CCCCC1)N1CC=C(c2ccccc2)CC1. The first kappa shape index (κ1) is 18.5. The molecule has 0 radical (unpaired) electrons. The van der Waals surface area contributed by atoms with Crippen LogP contribution in [0, 0.1) is 0 Å². The average molecular weight is 354 g/mol. The first-order valence-electron chi connectivity index (χ1n) is 9.83. The van der Waals surface area contributed by atoms with Crippen LogP contribution in [0.5, 0.6) is 0 Å². The quantitative estimate of drug-likeness (QED) is 0.668. The number of carbonyl (C=O) groups is 1. The molecular formula is C21H30N4O. The smallest absolute Gasteiger partial charge is 0.244 e. The minimum absolute atomic E-state index is 0.151. The summed E-state index contributed by atoms with van der Waals surface area (Å²) >= 11 is 0. The third kappa shape index (κ3) is 4.87. The predicted octanol–water partition coefficient (Wildman–Crippen LogP) is 2.75. The van der Waals surface area contributed by atoms with Gasteiger partial charge in [0.05, 0.1) is 0 Å². The summed E-state index contributed by atoms with van der Waals surface area (Å²) < 4.78 is 0. The summed E-state index contributed by atoms with van der Waals surface area (Å²) in [5, 5.41) is 3.34. The molecule has 3 rings (SSSR count). The summed E-state index contributed by atoms with van der Waals surface area (Å²) in [4.78, 5) is 21.2. The van der Waals surface area contributed by atoms with E-state index in [2.05, 4.69) is 58.5 Å². The number of nitrogens with zero attached hydrogens (tertiary/aromatic N) is 3. The summed E-state index contributed by atoms with van der Waals surface area (Å²) in [5.74, 6) is 0.999. The van der Waals surface area contributed by atoms with Crippen molar-refractivity contribution in [3.63, 3.8) is 0 Å². The Balaban J connectivity index is 1.61. The van der Waals surface area contributed by atoms with E-state index in [1.165, 1.54) is 17.6 Å². The maximum Gasteiger partial charge on any atom is 0.244 e. The summed E-state index contributed by atoms with van der Waals surface area (Å²) in [7, 11) is 0. The number of guanidine groups is 1. The standard InChI is InChI=1S/C21H30N4O/c1-2-22-21(23-17-20(26)24-13-7-4-8-14-24)25-15-11-19(12-16-25)18-9-5-3-6-10-18/h3,5-6,9-11H,2,4,7-8,12-17H2,1H3,(H,22,23). The highest BCUT2D eigenvalue weighted by molar-refractivity contribution is 5.85. The molecule has 2 heterocycles. The molecule has 0 saturated carbocycles. The number of hydrogen-bond acceptors (Lipinski definition) is 2. The van der Waals surface area contributed by atoms with Gasteiger partial charge in [0.1, 0.15) is 6.54 Å². The van der Waals surface area contributed by atoms with Gasteiger partial charge in [0.15, 0.2) is 5.96 Å². The lowest BCUT2D eigenvalue weighted by molar-refractivity contribution is -0.130. The molecule has 1 amide bonds. The zero-order valence-electron chi connectivity index (χ0n) is 15.8.